The SMILES string of the molecule is CCOc1ccc([C@@H]2CC(c3ccccc3)=NN2C(=O)CN2CCCC2)cc1. The summed E-state index contributed by atoms with van der Waals surface area (Å²) in [5.74, 6) is 0.926. The van der Waals surface area contributed by atoms with E-state index in [0.717, 1.165) is 42.1 Å². The van der Waals surface area contributed by atoms with Crippen LogP contribution in [0.15, 0.2) is 59.7 Å². The lowest BCUT2D eigenvalue weighted by Gasteiger charge is -2.24. The van der Waals surface area contributed by atoms with Crippen molar-refractivity contribution in [3.8, 4) is 5.75 Å². The Morgan fingerprint density at radius 3 is 2.46 bits per heavy atom. The van der Waals surface area contributed by atoms with E-state index in [2.05, 4.69) is 29.2 Å². The van der Waals surface area contributed by atoms with Gasteiger partial charge in [-0.2, -0.15) is 5.10 Å². The lowest BCUT2D eigenvalue weighted by Crippen LogP contribution is -2.36. The Balaban J connectivity index is 1.58. The molecule has 0 unspecified atom stereocenters. The highest BCUT2D eigenvalue weighted by Crippen LogP contribution is 2.33. The van der Waals surface area contributed by atoms with E-state index in [4.69, 9.17) is 9.84 Å². The Hall–Kier alpha value is -2.66. The number of nitrogens with zero attached hydrogens (tertiary/aromatic N) is 3. The average molecular weight is 377 g/mol. The number of ether oxygens (including phenoxy) is 1. The summed E-state index contributed by atoms with van der Waals surface area (Å²) >= 11 is 0. The fraction of sp³-hybridized carbons (Fsp3) is 0.391. The zero-order valence-corrected chi connectivity index (χ0v) is 16.4. The number of likely N-dealkylation sites (tertiary alicyclic amines) is 1. The van der Waals surface area contributed by atoms with Gasteiger partial charge in [0.1, 0.15) is 5.75 Å². The van der Waals surface area contributed by atoms with Crippen LogP contribution in [0.2, 0.25) is 0 Å². The molecule has 1 atom stereocenters. The summed E-state index contributed by atoms with van der Waals surface area (Å²) in [5.41, 5.74) is 3.14. The molecule has 1 amide bonds. The Kier molecular flexibility index (Phi) is 5.72. The molecule has 1 fully saturated rings. The third-order valence-electron chi connectivity index (χ3n) is 5.41. The molecular formula is C23H27N3O2. The molecule has 2 aromatic rings. The van der Waals surface area contributed by atoms with Crippen molar-refractivity contribution in [3.63, 3.8) is 0 Å². The maximum Gasteiger partial charge on any atom is 0.257 e. The normalized spacial score (nSPS) is 19.7. The summed E-state index contributed by atoms with van der Waals surface area (Å²) < 4.78 is 5.56. The molecule has 0 radical (unpaired) electrons. The van der Waals surface area contributed by atoms with Gasteiger partial charge < -0.3 is 4.74 Å². The average Bonchev–Trinajstić information content (AvgIpc) is 3.39. The van der Waals surface area contributed by atoms with Gasteiger partial charge in [0, 0.05) is 6.42 Å². The van der Waals surface area contributed by atoms with Crippen LogP contribution in [0.25, 0.3) is 0 Å². The van der Waals surface area contributed by atoms with Gasteiger partial charge in [-0.3, -0.25) is 9.69 Å². The number of carbonyl (C=O) groups excluding carboxylic acids is 1. The second-order valence-electron chi connectivity index (χ2n) is 7.36. The van der Waals surface area contributed by atoms with Crippen molar-refractivity contribution in [2.45, 2.75) is 32.2 Å². The van der Waals surface area contributed by atoms with Gasteiger partial charge in [0.25, 0.3) is 5.91 Å². The third-order valence-corrected chi connectivity index (χ3v) is 5.41. The minimum atomic E-state index is -0.0685. The number of hydrogen-bond acceptors (Lipinski definition) is 4. The summed E-state index contributed by atoms with van der Waals surface area (Å²) in [6.07, 6.45) is 3.08. The standard InChI is InChI=1S/C23H27N3O2/c1-2-28-20-12-10-19(11-13-20)22-16-21(18-8-4-3-5-9-18)24-26(22)23(27)17-25-14-6-7-15-25/h3-5,8-13,22H,2,6-7,14-17H2,1H3/t22-/m0/s1. The Labute approximate surface area is 166 Å². The minimum Gasteiger partial charge on any atom is -0.494 e. The van der Waals surface area contributed by atoms with E-state index in [-0.39, 0.29) is 11.9 Å². The van der Waals surface area contributed by atoms with Gasteiger partial charge in [-0.1, -0.05) is 42.5 Å². The van der Waals surface area contributed by atoms with Crippen molar-refractivity contribution in [2.75, 3.05) is 26.2 Å². The summed E-state index contributed by atoms with van der Waals surface area (Å²) in [7, 11) is 0. The van der Waals surface area contributed by atoms with Gasteiger partial charge in [-0.05, 0) is 56.1 Å². The van der Waals surface area contributed by atoms with Crippen LogP contribution in [-0.4, -0.2) is 47.8 Å². The van der Waals surface area contributed by atoms with E-state index in [0.29, 0.717) is 13.2 Å². The number of amides is 1. The Bertz CT molecular complexity index is 827. The predicted octanol–water partition coefficient (Wildman–Crippen LogP) is 3.86. The van der Waals surface area contributed by atoms with Gasteiger partial charge in [0.05, 0.1) is 24.9 Å². The maximum atomic E-state index is 13.1. The van der Waals surface area contributed by atoms with Crippen LogP contribution in [0, 0.1) is 0 Å². The zero-order valence-electron chi connectivity index (χ0n) is 16.4. The van der Waals surface area contributed by atoms with E-state index < -0.39 is 0 Å². The molecule has 0 spiro atoms. The maximum absolute atomic E-state index is 13.1. The molecule has 1 saturated heterocycles. The summed E-state index contributed by atoms with van der Waals surface area (Å²) in [6, 6.07) is 18.1. The molecule has 146 valence electrons. The summed E-state index contributed by atoms with van der Waals surface area (Å²) in [5, 5.41) is 6.46. The van der Waals surface area contributed by atoms with Crippen LogP contribution in [-0.2, 0) is 4.79 Å². The fourth-order valence-corrected chi connectivity index (χ4v) is 3.96. The molecule has 0 saturated carbocycles. The van der Waals surface area contributed by atoms with Gasteiger partial charge in [-0.25, -0.2) is 5.01 Å². The highest BCUT2D eigenvalue weighted by molar-refractivity contribution is 6.03. The lowest BCUT2D eigenvalue weighted by molar-refractivity contribution is -0.134. The van der Waals surface area contributed by atoms with Crippen molar-refractivity contribution in [3.05, 3.63) is 65.7 Å². The molecule has 0 aliphatic carbocycles. The quantitative estimate of drug-likeness (QED) is 0.768. The highest BCUT2D eigenvalue weighted by atomic mass is 16.5. The minimum absolute atomic E-state index is 0.0685. The number of hydrogen-bond donors (Lipinski definition) is 0. The molecule has 2 aliphatic heterocycles. The van der Waals surface area contributed by atoms with Gasteiger partial charge in [0.2, 0.25) is 0 Å². The molecular weight excluding hydrogens is 350 g/mol. The van der Waals surface area contributed by atoms with Crippen molar-refractivity contribution in [1.29, 1.82) is 0 Å². The molecule has 2 aliphatic rings. The van der Waals surface area contributed by atoms with Gasteiger partial charge in [-0.15, -0.1) is 0 Å². The first-order valence-electron chi connectivity index (χ1n) is 10.1. The van der Waals surface area contributed by atoms with E-state index in [9.17, 15) is 4.79 Å². The first-order valence-corrected chi connectivity index (χ1v) is 10.1. The largest absolute Gasteiger partial charge is 0.494 e. The van der Waals surface area contributed by atoms with Crippen LogP contribution >= 0.6 is 0 Å². The van der Waals surface area contributed by atoms with E-state index in [1.807, 2.05) is 37.3 Å². The number of benzene rings is 2. The predicted molar refractivity (Wildman–Crippen MR) is 110 cm³/mol. The van der Waals surface area contributed by atoms with Crippen LogP contribution in [0.1, 0.15) is 43.4 Å². The van der Waals surface area contributed by atoms with Crippen LogP contribution in [0.3, 0.4) is 0 Å². The monoisotopic (exact) mass is 377 g/mol. The topological polar surface area (TPSA) is 45.1 Å². The number of rotatable bonds is 6. The summed E-state index contributed by atoms with van der Waals surface area (Å²) in [6.45, 7) is 5.07. The Morgan fingerprint density at radius 1 is 1.07 bits per heavy atom. The molecule has 5 heteroatoms. The Morgan fingerprint density at radius 2 is 1.79 bits per heavy atom. The molecule has 0 bridgehead atoms. The first kappa shape index (κ1) is 18.7. The van der Waals surface area contributed by atoms with Gasteiger partial charge in [0.15, 0.2) is 0 Å². The highest BCUT2D eigenvalue weighted by Gasteiger charge is 2.34. The molecule has 0 aromatic heterocycles. The zero-order chi connectivity index (χ0) is 19.3. The van der Waals surface area contributed by atoms with Crippen LogP contribution in [0.5, 0.6) is 5.75 Å². The lowest BCUT2D eigenvalue weighted by atomic mass is 9.98. The summed E-state index contributed by atoms with van der Waals surface area (Å²) in [4.78, 5) is 15.3. The fourth-order valence-electron chi connectivity index (χ4n) is 3.96. The van der Waals surface area contributed by atoms with Crippen molar-refractivity contribution >= 4 is 11.6 Å². The van der Waals surface area contributed by atoms with Crippen LogP contribution in [0.4, 0.5) is 0 Å². The van der Waals surface area contributed by atoms with E-state index in [1.165, 1.54) is 12.8 Å². The third kappa shape index (κ3) is 4.09. The van der Waals surface area contributed by atoms with E-state index >= 15 is 0 Å². The molecule has 2 aromatic carbocycles. The van der Waals surface area contributed by atoms with Crippen LogP contribution < -0.4 is 4.74 Å². The smallest absolute Gasteiger partial charge is 0.257 e. The molecule has 0 N–H and O–H groups in total. The number of carbonyl (C=O) groups is 1. The van der Waals surface area contributed by atoms with Crippen molar-refractivity contribution in [2.24, 2.45) is 5.10 Å². The van der Waals surface area contributed by atoms with Crippen molar-refractivity contribution < 1.29 is 9.53 Å². The van der Waals surface area contributed by atoms with E-state index in [1.54, 1.807) is 5.01 Å². The molecule has 4 rings (SSSR count). The number of hydrazone groups is 1. The molecule has 5 nitrogen and oxygen atoms in total. The van der Waals surface area contributed by atoms with Crippen molar-refractivity contribution in [1.82, 2.24) is 9.91 Å². The second kappa shape index (κ2) is 8.57. The molecule has 28 heavy (non-hydrogen) atoms. The second-order valence-corrected chi connectivity index (χ2v) is 7.36. The van der Waals surface area contributed by atoms with Gasteiger partial charge >= 0.3 is 0 Å². The molecule has 2 heterocycles. The first-order chi connectivity index (χ1) is 13.7.